The predicted octanol–water partition coefficient (Wildman–Crippen LogP) is 2.10. The molecule has 32 heavy (non-hydrogen) atoms. The smallest absolute Gasteiger partial charge is 0.322 e. The monoisotopic (exact) mass is 449 g/mol. The Morgan fingerprint density at radius 3 is 2.72 bits per heavy atom. The molecule has 1 spiro atoms. The van der Waals surface area contributed by atoms with Gasteiger partial charge in [0.2, 0.25) is 5.92 Å². The van der Waals surface area contributed by atoms with Crippen molar-refractivity contribution in [2.24, 2.45) is 0 Å². The van der Waals surface area contributed by atoms with E-state index < -0.39 is 28.5 Å². The lowest BCUT2D eigenvalue weighted by Gasteiger charge is -2.65. The number of aliphatic hydroxyl groups is 1. The van der Waals surface area contributed by atoms with Crippen molar-refractivity contribution in [3.05, 3.63) is 29.3 Å². The van der Waals surface area contributed by atoms with Crippen LogP contribution in [0.3, 0.4) is 0 Å². The summed E-state index contributed by atoms with van der Waals surface area (Å²) in [5.41, 5.74) is -1.12. The van der Waals surface area contributed by atoms with Gasteiger partial charge in [0.1, 0.15) is 11.3 Å². The minimum Gasteiger partial charge on any atom is -0.497 e. The minimum absolute atomic E-state index is 0.195. The van der Waals surface area contributed by atoms with Crippen molar-refractivity contribution in [1.82, 2.24) is 15.5 Å². The van der Waals surface area contributed by atoms with E-state index in [1.54, 1.807) is 7.11 Å². The number of urea groups is 1. The Morgan fingerprint density at radius 2 is 2.06 bits per heavy atom. The summed E-state index contributed by atoms with van der Waals surface area (Å²) in [6.45, 7) is 1.65. The fraction of sp³-hybridized carbons (Fsp3) is 0.652. The van der Waals surface area contributed by atoms with Crippen LogP contribution in [0.4, 0.5) is 13.6 Å². The molecular weight excluding hydrogens is 420 g/mol. The average Bonchev–Trinajstić information content (AvgIpc) is 2.99. The van der Waals surface area contributed by atoms with E-state index in [1.807, 2.05) is 23.1 Å². The number of nitrogens with one attached hydrogen (secondary N) is 2. The van der Waals surface area contributed by atoms with E-state index in [-0.39, 0.29) is 31.3 Å². The van der Waals surface area contributed by atoms with Crippen LogP contribution in [0.15, 0.2) is 18.2 Å². The number of hydrogen-bond donors (Lipinski definition) is 3. The number of halogens is 2. The van der Waals surface area contributed by atoms with E-state index in [9.17, 15) is 23.5 Å². The SMILES string of the molecule is COc1ccc2c(c1)[C@]13CCN(CCC(C)(F)F)[C@H](C2)[C@]1(O)CC[C@@]1(C3)NC(=O)NC1=O. The summed E-state index contributed by atoms with van der Waals surface area (Å²) < 4.78 is 32.7. The van der Waals surface area contributed by atoms with Crippen LogP contribution in [0.25, 0.3) is 0 Å². The van der Waals surface area contributed by atoms with Crippen molar-refractivity contribution >= 4 is 11.9 Å². The zero-order valence-corrected chi connectivity index (χ0v) is 18.3. The van der Waals surface area contributed by atoms with Gasteiger partial charge in [-0.3, -0.25) is 15.0 Å². The number of carbonyl (C=O) groups is 2. The second kappa shape index (κ2) is 6.87. The number of imide groups is 1. The highest BCUT2D eigenvalue weighted by atomic mass is 19.3. The molecule has 2 aliphatic carbocycles. The summed E-state index contributed by atoms with van der Waals surface area (Å²) in [6.07, 6.45) is 1.63. The Labute approximate surface area is 185 Å². The number of hydrogen-bond acceptors (Lipinski definition) is 5. The maximum Gasteiger partial charge on any atom is 0.322 e. The van der Waals surface area contributed by atoms with Crippen LogP contribution in [-0.4, -0.2) is 65.2 Å². The third kappa shape index (κ3) is 2.97. The molecule has 1 aromatic rings. The second-order valence-corrected chi connectivity index (χ2v) is 10.0. The van der Waals surface area contributed by atoms with Crippen LogP contribution < -0.4 is 15.4 Å². The molecule has 9 heteroatoms. The van der Waals surface area contributed by atoms with Gasteiger partial charge in [-0.25, -0.2) is 13.6 Å². The van der Waals surface area contributed by atoms with E-state index >= 15 is 0 Å². The quantitative estimate of drug-likeness (QED) is 0.613. The molecule has 1 aromatic carbocycles. The third-order valence-electron chi connectivity index (χ3n) is 8.28. The van der Waals surface area contributed by atoms with Gasteiger partial charge in [0, 0.05) is 24.4 Å². The first-order valence-electron chi connectivity index (χ1n) is 11.2. The van der Waals surface area contributed by atoms with Gasteiger partial charge < -0.3 is 15.2 Å². The van der Waals surface area contributed by atoms with Crippen molar-refractivity contribution in [1.29, 1.82) is 0 Å². The highest BCUT2D eigenvalue weighted by Gasteiger charge is 2.69. The molecule has 4 atom stereocenters. The van der Waals surface area contributed by atoms with Crippen molar-refractivity contribution in [3.8, 4) is 5.75 Å². The van der Waals surface area contributed by atoms with Crippen LogP contribution in [0, 0.1) is 0 Å². The largest absolute Gasteiger partial charge is 0.497 e. The van der Waals surface area contributed by atoms with Crippen molar-refractivity contribution in [3.63, 3.8) is 0 Å². The summed E-state index contributed by atoms with van der Waals surface area (Å²) in [5, 5.41) is 17.4. The van der Waals surface area contributed by atoms with E-state index in [4.69, 9.17) is 4.74 Å². The van der Waals surface area contributed by atoms with Gasteiger partial charge in [-0.15, -0.1) is 0 Å². The molecular formula is C23H29F2N3O4. The van der Waals surface area contributed by atoms with E-state index in [1.165, 1.54) is 0 Å². The predicted molar refractivity (Wildman–Crippen MR) is 112 cm³/mol. The summed E-state index contributed by atoms with van der Waals surface area (Å²) in [4.78, 5) is 26.8. The van der Waals surface area contributed by atoms with Crippen LogP contribution in [0.1, 0.15) is 50.2 Å². The zero-order valence-electron chi connectivity index (χ0n) is 18.3. The molecule has 2 bridgehead atoms. The maximum atomic E-state index is 13.6. The number of methoxy groups -OCH3 is 1. The molecule has 3 amide bonds. The Bertz CT molecular complexity index is 982. The number of alkyl halides is 2. The number of nitrogens with zero attached hydrogens (tertiary/aromatic N) is 1. The van der Waals surface area contributed by atoms with Gasteiger partial charge in [0.25, 0.3) is 5.91 Å². The molecule has 4 aliphatic rings. The summed E-state index contributed by atoms with van der Waals surface area (Å²) in [7, 11) is 1.58. The third-order valence-corrected chi connectivity index (χ3v) is 8.28. The Morgan fingerprint density at radius 1 is 1.28 bits per heavy atom. The van der Waals surface area contributed by atoms with Crippen LogP contribution >= 0.6 is 0 Å². The van der Waals surface area contributed by atoms with Crippen LogP contribution in [0.5, 0.6) is 5.75 Å². The van der Waals surface area contributed by atoms with Gasteiger partial charge in [0.05, 0.1) is 12.7 Å². The lowest BCUT2D eigenvalue weighted by molar-refractivity contribution is -0.182. The molecule has 1 saturated carbocycles. The normalized spacial score (nSPS) is 36.3. The first-order valence-corrected chi connectivity index (χ1v) is 11.2. The van der Waals surface area contributed by atoms with Crippen molar-refractivity contribution in [2.75, 3.05) is 20.2 Å². The highest BCUT2D eigenvalue weighted by molar-refractivity contribution is 6.07. The summed E-state index contributed by atoms with van der Waals surface area (Å²) >= 11 is 0. The molecule has 0 aromatic heterocycles. The number of amides is 3. The number of fused-ring (bicyclic) bond motifs is 1. The molecule has 2 heterocycles. The van der Waals surface area contributed by atoms with Gasteiger partial charge in [0.15, 0.2) is 0 Å². The molecule has 5 rings (SSSR count). The number of likely N-dealkylation sites (tertiary alicyclic amines) is 1. The topological polar surface area (TPSA) is 90.9 Å². The number of benzene rings is 1. The Balaban J connectivity index is 1.61. The molecule has 0 radical (unpaired) electrons. The number of carbonyl (C=O) groups excluding carboxylic acids is 2. The second-order valence-electron chi connectivity index (χ2n) is 10.0. The molecule has 2 saturated heterocycles. The van der Waals surface area contributed by atoms with Crippen molar-refractivity contribution in [2.45, 2.75) is 74.0 Å². The highest BCUT2D eigenvalue weighted by Crippen LogP contribution is 2.60. The number of piperidine rings is 1. The Kier molecular flexibility index (Phi) is 4.63. The summed E-state index contributed by atoms with van der Waals surface area (Å²) in [5.74, 6) is -2.48. The van der Waals surface area contributed by atoms with Gasteiger partial charge in [-0.05, 0) is 68.8 Å². The molecule has 3 fully saturated rings. The van der Waals surface area contributed by atoms with Gasteiger partial charge >= 0.3 is 6.03 Å². The molecule has 174 valence electrons. The molecule has 3 N–H and O–H groups in total. The minimum atomic E-state index is -2.78. The zero-order chi connectivity index (χ0) is 22.9. The summed E-state index contributed by atoms with van der Waals surface area (Å²) in [6, 6.07) is 4.91. The molecule has 7 nitrogen and oxygen atoms in total. The average molecular weight is 449 g/mol. The lowest BCUT2D eigenvalue weighted by Crippen LogP contribution is -2.76. The van der Waals surface area contributed by atoms with Gasteiger partial charge in [-0.2, -0.15) is 0 Å². The molecule has 2 aliphatic heterocycles. The van der Waals surface area contributed by atoms with Gasteiger partial charge in [-0.1, -0.05) is 6.07 Å². The van der Waals surface area contributed by atoms with Crippen LogP contribution in [-0.2, 0) is 16.6 Å². The maximum absolute atomic E-state index is 13.6. The van der Waals surface area contributed by atoms with E-state index in [0.717, 1.165) is 18.1 Å². The van der Waals surface area contributed by atoms with E-state index in [2.05, 4.69) is 10.6 Å². The Hall–Kier alpha value is -2.26. The first-order chi connectivity index (χ1) is 15.0. The molecule has 0 unspecified atom stereocenters. The van der Waals surface area contributed by atoms with E-state index in [0.29, 0.717) is 38.0 Å². The fourth-order valence-corrected chi connectivity index (χ4v) is 6.69. The first kappa shape index (κ1) is 21.6. The van der Waals surface area contributed by atoms with Crippen LogP contribution in [0.2, 0.25) is 0 Å². The number of rotatable bonds is 4. The fourth-order valence-electron chi connectivity index (χ4n) is 6.69. The lowest BCUT2D eigenvalue weighted by atomic mass is 9.46. The standard InChI is InChI=1S/C23H29F2N3O4/c1-20(24,25)7-9-28-10-8-21-13-22(18(29)26-19(30)27-22)5-6-23(21,31)17(28)11-14-3-4-15(32-2)12-16(14)21/h3-4,12,17,31H,5-11,13H2,1-2H3,(H2,26,27,29,30)/t17-,21-,22+,23-/m1/s1. The van der Waals surface area contributed by atoms with Crippen molar-refractivity contribution < 1.29 is 28.2 Å². The number of ether oxygens (including phenoxy) is 1.